The van der Waals surface area contributed by atoms with Crippen LogP contribution in [0.25, 0.3) is 0 Å². The van der Waals surface area contributed by atoms with E-state index < -0.39 is 0 Å². The molecule has 2 unspecified atom stereocenters. The largest absolute Gasteiger partial charge is 0.493 e. The van der Waals surface area contributed by atoms with E-state index in [-0.39, 0.29) is 0 Å². The third kappa shape index (κ3) is 3.09. The lowest BCUT2D eigenvalue weighted by Gasteiger charge is -2.22. The molecule has 3 heteroatoms. The highest BCUT2D eigenvalue weighted by molar-refractivity contribution is 8.00. The van der Waals surface area contributed by atoms with Crippen molar-refractivity contribution in [1.82, 2.24) is 5.32 Å². The SMILES string of the molecule is CNC(CCc1ccc2c(c1)CCO2)C1CCCS1. The van der Waals surface area contributed by atoms with Crippen LogP contribution in [0.3, 0.4) is 0 Å². The van der Waals surface area contributed by atoms with Crippen LogP contribution in [0.1, 0.15) is 30.4 Å². The number of hydrogen-bond acceptors (Lipinski definition) is 3. The predicted molar refractivity (Wildman–Crippen MR) is 82.3 cm³/mol. The Kier molecular flexibility index (Phi) is 4.34. The summed E-state index contributed by atoms with van der Waals surface area (Å²) in [7, 11) is 2.11. The Balaban J connectivity index is 1.58. The number of hydrogen-bond donors (Lipinski definition) is 1. The Morgan fingerprint density at radius 3 is 3.21 bits per heavy atom. The smallest absolute Gasteiger partial charge is 0.122 e. The first-order chi connectivity index (χ1) is 9.36. The summed E-state index contributed by atoms with van der Waals surface area (Å²) >= 11 is 2.15. The summed E-state index contributed by atoms with van der Waals surface area (Å²) in [5.41, 5.74) is 2.86. The molecule has 0 spiro atoms. The second-order valence-electron chi connectivity index (χ2n) is 5.53. The van der Waals surface area contributed by atoms with Crippen LogP contribution < -0.4 is 10.1 Å². The summed E-state index contributed by atoms with van der Waals surface area (Å²) in [6, 6.07) is 7.39. The van der Waals surface area contributed by atoms with E-state index in [1.807, 2.05) is 0 Å². The molecule has 1 fully saturated rings. The van der Waals surface area contributed by atoms with Gasteiger partial charge in [-0.05, 0) is 55.7 Å². The molecule has 1 N–H and O–H groups in total. The number of rotatable bonds is 5. The molecule has 1 aromatic rings. The Labute approximate surface area is 120 Å². The second-order valence-corrected chi connectivity index (χ2v) is 6.87. The van der Waals surface area contributed by atoms with Gasteiger partial charge in [0.15, 0.2) is 0 Å². The van der Waals surface area contributed by atoms with Gasteiger partial charge in [0.1, 0.15) is 5.75 Å². The van der Waals surface area contributed by atoms with Crippen molar-refractivity contribution in [3.8, 4) is 5.75 Å². The second kappa shape index (κ2) is 6.19. The zero-order chi connectivity index (χ0) is 13.1. The molecule has 2 atom stereocenters. The van der Waals surface area contributed by atoms with Gasteiger partial charge in [-0.25, -0.2) is 0 Å². The molecule has 104 valence electrons. The fourth-order valence-electron chi connectivity index (χ4n) is 3.15. The molecule has 3 rings (SSSR count). The van der Waals surface area contributed by atoms with Crippen molar-refractivity contribution in [2.75, 3.05) is 19.4 Å². The highest BCUT2D eigenvalue weighted by atomic mass is 32.2. The molecule has 1 aromatic carbocycles. The van der Waals surface area contributed by atoms with Gasteiger partial charge in [0.05, 0.1) is 6.61 Å². The van der Waals surface area contributed by atoms with Crippen LogP contribution >= 0.6 is 11.8 Å². The van der Waals surface area contributed by atoms with Crippen molar-refractivity contribution in [3.05, 3.63) is 29.3 Å². The van der Waals surface area contributed by atoms with E-state index in [0.29, 0.717) is 6.04 Å². The van der Waals surface area contributed by atoms with Crippen molar-refractivity contribution in [1.29, 1.82) is 0 Å². The van der Waals surface area contributed by atoms with E-state index in [2.05, 4.69) is 42.3 Å². The standard InChI is InChI=1S/C16H23NOS/c1-17-14(16-3-2-10-19-16)6-4-12-5-7-15-13(11-12)8-9-18-15/h5,7,11,14,16-17H,2-4,6,8-10H2,1H3. The average molecular weight is 277 g/mol. The summed E-state index contributed by atoms with van der Waals surface area (Å²) in [4.78, 5) is 0. The van der Waals surface area contributed by atoms with Crippen LogP contribution in [0.5, 0.6) is 5.75 Å². The van der Waals surface area contributed by atoms with Crippen LogP contribution in [-0.4, -0.2) is 30.7 Å². The zero-order valence-electron chi connectivity index (χ0n) is 11.7. The monoisotopic (exact) mass is 277 g/mol. The summed E-state index contributed by atoms with van der Waals surface area (Å²) < 4.78 is 5.57. The molecule has 2 nitrogen and oxygen atoms in total. The van der Waals surface area contributed by atoms with Gasteiger partial charge in [0.2, 0.25) is 0 Å². The molecule has 19 heavy (non-hydrogen) atoms. The molecule has 0 bridgehead atoms. The first-order valence-corrected chi connectivity index (χ1v) is 8.45. The van der Waals surface area contributed by atoms with Crippen LogP contribution in [-0.2, 0) is 12.8 Å². The number of nitrogens with one attached hydrogen (secondary N) is 1. The van der Waals surface area contributed by atoms with E-state index in [9.17, 15) is 0 Å². The number of fused-ring (bicyclic) bond motifs is 1. The number of aryl methyl sites for hydroxylation is 1. The van der Waals surface area contributed by atoms with E-state index >= 15 is 0 Å². The molecule has 0 radical (unpaired) electrons. The maximum Gasteiger partial charge on any atom is 0.122 e. The Morgan fingerprint density at radius 1 is 1.47 bits per heavy atom. The predicted octanol–water partition coefficient (Wildman–Crippen LogP) is 3.04. The first-order valence-electron chi connectivity index (χ1n) is 7.40. The summed E-state index contributed by atoms with van der Waals surface area (Å²) in [5.74, 6) is 2.44. The molecule has 0 aliphatic carbocycles. The summed E-state index contributed by atoms with van der Waals surface area (Å²) in [5, 5.41) is 4.34. The van der Waals surface area contributed by atoms with Gasteiger partial charge >= 0.3 is 0 Å². The number of thioether (sulfide) groups is 1. The van der Waals surface area contributed by atoms with E-state index in [0.717, 1.165) is 24.0 Å². The van der Waals surface area contributed by atoms with Gasteiger partial charge in [-0.3, -0.25) is 0 Å². The summed E-state index contributed by atoms with van der Waals surface area (Å²) in [6.45, 7) is 0.858. The van der Waals surface area contributed by atoms with Gasteiger partial charge in [0, 0.05) is 17.7 Å². The van der Waals surface area contributed by atoms with Crippen molar-refractivity contribution in [3.63, 3.8) is 0 Å². The molecule has 0 aromatic heterocycles. The zero-order valence-corrected chi connectivity index (χ0v) is 12.5. The third-order valence-electron chi connectivity index (χ3n) is 4.28. The van der Waals surface area contributed by atoms with Crippen LogP contribution in [0, 0.1) is 0 Å². The van der Waals surface area contributed by atoms with Crippen molar-refractivity contribution >= 4 is 11.8 Å². The number of ether oxygens (including phenoxy) is 1. The Morgan fingerprint density at radius 2 is 2.42 bits per heavy atom. The fourth-order valence-corrected chi connectivity index (χ4v) is 4.63. The van der Waals surface area contributed by atoms with Gasteiger partial charge < -0.3 is 10.1 Å². The highest BCUT2D eigenvalue weighted by Gasteiger charge is 2.24. The minimum Gasteiger partial charge on any atom is -0.493 e. The fraction of sp³-hybridized carbons (Fsp3) is 0.625. The molecule has 2 heterocycles. The quantitative estimate of drug-likeness (QED) is 0.894. The minimum absolute atomic E-state index is 0.664. The topological polar surface area (TPSA) is 21.3 Å². The lowest BCUT2D eigenvalue weighted by atomic mass is 9.99. The lowest BCUT2D eigenvalue weighted by Crippen LogP contribution is -2.34. The average Bonchev–Trinajstić information content (AvgIpc) is 3.10. The molecular formula is C16H23NOS. The van der Waals surface area contributed by atoms with E-state index in [4.69, 9.17) is 4.74 Å². The number of benzene rings is 1. The van der Waals surface area contributed by atoms with Gasteiger partial charge in [-0.1, -0.05) is 12.1 Å². The van der Waals surface area contributed by atoms with E-state index in [1.165, 1.54) is 42.6 Å². The molecular weight excluding hydrogens is 254 g/mol. The maximum atomic E-state index is 5.57. The Hall–Kier alpha value is -0.670. The summed E-state index contributed by atoms with van der Waals surface area (Å²) in [6.07, 6.45) is 6.28. The maximum absolute atomic E-state index is 5.57. The molecule has 2 aliphatic rings. The minimum atomic E-state index is 0.664. The van der Waals surface area contributed by atoms with Gasteiger partial charge in [0.25, 0.3) is 0 Å². The molecule has 0 saturated carbocycles. The molecule has 2 aliphatic heterocycles. The lowest BCUT2D eigenvalue weighted by molar-refractivity contribution is 0.357. The van der Waals surface area contributed by atoms with Crippen molar-refractivity contribution in [2.24, 2.45) is 0 Å². The van der Waals surface area contributed by atoms with Crippen LogP contribution in [0.4, 0.5) is 0 Å². The molecule has 0 amide bonds. The van der Waals surface area contributed by atoms with Crippen molar-refractivity contribution < 1.29 is 4.74 Å². The van der Waals surface area contributed by atoms with Gasteiger partial charge in [-0.15, -0.1) is 0 Å². The van der Waals surface area contributed by atoms with Crippen LogP contribution in [0.2, 0.25) is 0 Å². The van der Waals surface area contributed by atoms with Gasteiger partial charge in [-0.2, -0.15) is 11.8 Å². The Bertz CT molecular complexity index is 429. The normalized spacial score (nSPS) is 23.1. The van der Waals surface area contributed by atoms with Crippen molar-refractivity contribution in [2.45, 2.75) is 43.4 Å². The van der Waals surface area contributed by atoms with E-state index in [1.54, 1.807) is 0 Å². The third-order valence-corrected chi connectivity index (χ3v) is 5.80. The van der Waals surface area contributed by atoms with Crippen LogP contribution in [0.15, 0.2) is 18.2 Å². The molecule has 1 saturated heterocycles. The first kappa shape index (κ1) is 13.3. The highest BCUT2D eigenvalue weighted by Crippen LogP contribution is 2.31.